The minimum absolute atomic E-state index is 0.0437. The summed E-state index contributed by atoms with van der Waals surface area (Å²) >= 11 is 0. The number of hydrogen-bond acceptors (Lipinski definition) is 12. The van der Waals surface area contributed by atoms with Crippen LogP contribution in [-0.4, -0.2) is 43.0 Å². The molecule has 2 N–H and O–H groups in total. The lowest BCUT2D eigenvalue weighted by Crippen LogP contribution is -2.26. The Balaban J connectivity index is 0.000000174. The van der Waals surface area contributed by atoms with Crippen molar-refractivity contribution in [3.8, 4) is 12.0 Å². The van der Waals surface area contributed by atoms with E-state index < -0.39 is 34.0 Å². The van der Waals surface area contributed by atoms with Crippen molar-refractivity contribution < 1.29 is 31.7 Å². The van der Waals surface area contributed by atoms with Crippen molar-refractivity contribution >= 4 is 33.6 Å². The second kappa shape index (κ2) is 17.2. The topological polar surface area (TPSA) is 195 Å². The molecule has 4 fully saturated rings. The van der Waals surface area contributed by atoms with Crippen LogP contribution in [0.4, 0.5) is 13.2 Å². The zero-order chi connectivity index (χ0) is 40.2. The van der Waals surface area contributed by atoms with Gasteiger partial charge in [0.2, 0.25) is 17.3 Å². The molecule has 4 saturated carbocycles. The highest BCUT2D eigenvalue weighted by atomic mass is 19.3. The standard InChI is InChI=1S/C21H26FN3O4.C19H21F2N3O4/c1-21(22)10-8-15(9-11-21)25-29-20-23-18(27)17-14(7-6-13-4-2-3-5-13)12-16(26)28-19(17)24-20;20-19(21)8-6-13(7-9-19)24-28-18-22-16(26)15-12(5-4-11-2-1-3-11)10-14(25)27-17(15)23-18/h12-13H,2-11H2,1H3,(H,23,24,27);10-11H,1-9H2,(H,22,23,26). The third-order valence-electron chi connectivity index (χ3n) is 11.6. The Kier molecular flexibility index (Phi) is 12.1. The average molecular weight is 797 g/mol. The Morgan fingerprint density at radius 2 is 1.11 bits per heavy atom. The third kappa shape index (κ3) is 10.5. The van der Waals surface area contributed by atoms with Crippen LogP contribution in [0.25, 0.3) is 22.2 Å². The number of aryl methyl sites for hydroxylation is 2. The van der Waals surface area contributed by atoms with Crippen molar-refractivity contribution in [2.45, 2.75) is 141 Å². The first kappa shape index (κ1) is 40.1. The Morgan fingerprint density at radius 3 is 1.53 bits per heavy atom. The predicted octanol–water partition coefficient (Wildman–Crippen LogP) is 7.59. The largest absolute Gasteiger partial charge is 0.403 e. The van der Waals surface area contributed by atoms with Gasteiger partial charge < -0.3 is 18.5 Å². The Hall–Kier alpha value is -5.09. The van der Waals surface area contributed by atoms with E-state index in [4.69, 9.17) is 18.5 Å². The number of oxime groups is 2. The summed E-state index contributed by atoms with van der Waals surface area (Å²) in [7, 11) is 0. The minimum atomic E-state index is -2.67. The van der Waals surface area contributed by atoms with Crippen molar-refractivity contribution in [2.75, 3.05) is 0 Å². The molecule has 0 radical (unpaired) electrons. The van der Waals surface area contributed by atoms with Gasteiger partial charge >= 0.3 is 23.3 Å². The van der Waals surface area contributed by atoms with Crippen molar-refractivity contribution in [3.63, 3.8) is 0 Å². The lowest BCUT2D eigenvalue weighted by Gasteiger charge is -2.25. The number of aromatic nitrogens is 4. The molecule has 0 amide bonds. The average Bonchev–Trinajstić information content (AvgIpc) is 3.66. The van der Waals surface area contributed by atoms with Crippen molar-refractivity contribution in [3.05, 3.63) is 64.8 Å². The van der Waals surface area contributed by atoms with Crippen LogP contribution in [0.1, 0.15) is 127 Å². The van der Waals surface area contributed by atoms with Crippen LogP contribution < -0.4 is 32.0 Å². The minimum Gasteiger partial charge on any atom is -0.403 e. The molecule has 4 aliphatic rings. The summed E-state index contributed by atoms with van der Waals surface area (Å²) in [6, 6.07) is 2.34. The van der Waals surface area contributed by atoms with Gasteiger partial charge in [-0.05, 0) is 94.1 Å². The van der Waals surface area contributed by atoms with Gasteiger partial charge in [0, 0.05) is 25.0 Å². The van der Waals surface area contributed by atoms with Crippen LogP contribution in [0.5, 0.6) is 12.0 Å². The van der Waals surface area contributed by atoms with Gasteiger partial charge in [0.25, 0.3) is 11.1 Å². The van der Waals surface area contributed by atoms with E-state index in [-0.39, 0.29) is 59.9 Å². The van der Waals surface area contributed by atoms with Gasteiger partial charge in [0.15, 0.2) is 0 Å². The highest BCUT2D eigenvalue weighted by molar-refractivity contribution is 5.85. The van der Waals surface area contributed by atoms with E-state index in [1.54, 1.807) is 6.92 Å². The lowest BCUT2D eigenvalue weighted by atomic mass is 9.81. The van der Waals surface area contributed by atoms with Gasteiger partial charge in [-0.15, -0.1) is 0 Å². The molecule has 0 unspecified atom stereocenters. The summed E-state index contributed by atoms with van der Waals surface area (Å²) < 4.78 is 50.5. The summed E-state index contributed by atoms with van der Waals surface area (Å²) in [4.78, 5) is 72.5. The summed E-state index contributed by atoms with van der Waals surface area (Å²) in [5.74, 6) is -1.39. The van der Waals surface area contributed by atoms with Crippen LogP contribution in [0.2, 0.25) is 0 Å². The highest BCUT2D eigenvalue weighted by Gasteiger charge is 2.33. The molecular weight excluding hydrogens is 749 g/mol. The van der Waals surface area contributed by atoms with E-state index in [1.807, 2.05) is 0 Å². The zero-order valence-corrected chi connectivity index (χ0v) is 31.9. The van der Waals surface area contributed by atoms with Crippen LogP contribution in [0.3, 0.4) is 0 Å². The fourth-order valence-electron chi connectivity index (χ4n) is 7.90. The third-order valence-corrected chi connectivity index (χ3v) is 11.6. The van der Waals surface area contributed by atoms with E-state index in [2.05, 4.69) is 30.2 Å². The fraction of sp³-hybridized carbons (Fsp3) is 0.600. The second-order valence-electron chi connectivity index (χ2n) is 16.1. The second-order valence-corrected chi connectivity index (χ2v) is 16.1. The number of nitrogens with zero attached hydrogens (tertiary/aromatic N) is 4. The maximum atomic E-state index is 13.9. The number of rotatable bonds is 10. The smallest absolute Gasteiger partial charge is 0.337 e. The van der Waals surface area contributed by atoms with Crippen LogP contribution in [0.15, 0.2) is 50.5 Å². The molecule has 4 aromatic heterocycles. The van der Waals surface area contributed by atoms with Gasteiger partial charge in [0.1, 0.15) is 16.4 Å². The van der Waals surface area contributed by atoms with Crippen molar-refractivity contribution in [2.24, 2.45) is 22.1 Å². The van der Waals surface area contributed by atoms with Crippen molar-refractivity contribution in [1.82, 2.24) is 19.9 Å². The molecular formula is C40H47F3N6O8. The zero-order valence-electron chi connectivity index (χ0n) is 31.9. The van der Waals surface area contributed by atoms with Gasteiger partial charge in [-0.2, -0.15) is 9.97 Å². The van der Waals surface area contributed by atoms with E-state index in [0.717, 1.165) is 18.6 Å². The summed E-state index contributed by atoms with van der Waals surface area (Å²) in [6.45, 7) is 1.58. The molecule has 14 nitrogen and oxygen atoms in total. The number of halogens is 3. The molecule has 0 spiro atoms. The summed E-state index contributed by atoms with van der Waals surface area (Å²) in [6.07, 6.45) is 13.0. The predicted molar refractivity (Wildman–Crippen MR) is 205 cm³/mol. The van der Waals surface area contributed by atoms with Crippen molar-refractivity contribution in [1.29, 1.82) is 0 Å². The molecule has 8 rings (SSSR count). The summed E-state index contributed by atoms with van der Waals surface area (Å²) in [5, 5.41) is 8.34. The van der Waals surface area contributed by atoms with E-state index in [1.165, 1.54) is 57.1 Å². The highest BCUT2D eigenvalue weighted by Crippen LogP contribution is 2.33. The molecule has 4 heterocycles. The SMILES string of the molecule is CC1(F)CCC(=NOc2nc3oc(=O)cc(CCC4CCCC4)c3c(=O)[nH]2)CC1.O=c1cc(CCC2CCC2)c2c(=O)[nH]c(ON=C3CCC(F)(F)CC3)nc2o1. The molecule has 4 aromatic rings. The lowest BCUT2D eigenvalue weighted by molar-refractivity contribution is -0.0185. The molecule has 17 heteroatoms. The first-order chi connectivity index (χ1) is 27.3. The van der Waals surface area contributed by atoms with Crippen LogP contribution in [0, 0.1) is 11.8 Å². The van der Waals surface area contributed by atoms with E-state index in [9.17, 15) is 32.3 Å². The van der Waals surface area contributed by atoms with Gasteiger partial charge in [-0.25, -0.2) is 22.8 Å². The quantitative estimate of drug-likeness (QED) is 0.151. The van der Waals surface area contributed by atoms with Crippen LogP contribution >= 0.6 is 0 Å². The summed E-state index contributed by atoms with van der Waals surface area (Å²) in [5.41, 5.74) is -0.888. The van der Waals surface area contributed by atoms with Gasteiger partial charge in [-0.1, -0.05) is 55.3 Å². The monoisotopic (exact) mass is 796 g/mol. The number of alkyl halides is 3. The maximum Gasteiger partial charge on any atom is 0.337 e. The Morgan fingerprint density at radius 1 is 0.684 bits per heavy atom. The van der Waals surface area contributed by atoms with E-state index in [0.29, 0.717) is 67.2 Å². The Bertz CT molecular complexity index is 2370. The fourth-order valence-corrected chi connectivity index (χ4v) is 7.90. The van der Waals surface area contributed by atoms with E-state index >= 15 is 0 Å². The molecule has 57 heavy (non-hydrogen) atoms. The Labute approximate surface area is 324 Å². The number of fused-ring (bicyclic) bond motifs is 2. The molecule has 306 valence electrons. The first-order valence-corrected chi connectivity index (χ1v) is 20.0. The first-order valence-electron chi connectivity index (χ1n) is 20.0. The van der Waals surface area contributed by atoms with Gasteiger partial charge in [-0.3, -0.25) is 19.6 Å². The van der Waals surface area contributed by atoms with Gasteiger partial charge in [0.05, 0.1) is 11.4 Å². The number of H-pyrrole nitrogens is 2. The molecule has 0 saturated heterocycles. The maximum absolute atomic E-state index is 13.9. The van der Waals surface area contributed by atoms with Crippen LogP contribution in [-0.2, 0) is 12.8 Å². The molecule has 4 aliphatic carbocycles. The number of nitrogens with one attached hydrogen (secondary N) is 2. The number of hydrogen-bond donors (Lipinski definition) is 2. The molecule has 0 aliphatic heterocycles. The molecule has 0 aromatic carbocycles. The number of aromatic amines is 2. The molecule has 0 bridgehead atoms. The normalized spacial score (nSPS) is 21.2. The molecule has 0 atom stereocenters.